The molecule has 1 aromatic rings. The van der Waals surface area contributed by atoms with E-state index < -0.39 is 23.6 Å². The molecule has 1 aliphatic rings. The summed E-state index contributed by atoms with van der Waals surface area (Å²) in [6, 6.07) is 1.29. The molecular weight excluding hydrogens is 288 g/mol. The van der Waals surface area contributed by atoms with Crippen molar-refractivity contribution in [1.29, 1.82) is 0 Å². The van der Waals surface area contributed by atoms with E-state index in [-0.39, 0.29) is 16.6 Å². The van der Waals surface area contributed by atoms with Gasteiger partial charge in [0, 0.05) is 6.54 Å². The lowest BCUT2D eigenvalue weighted by molar-refractivity contribution is 0.0280. The van der Waals surface area contributed by atoms with Gasteiger partial charge in [-0.05, 0) is 38.3 Å². The normalized spacial score (nSPS) is 20.9. The molecule has 0 aliphatic carbocycles. The van der Waals surface area contributed by atoms with Gasteiger partial charge in [-0.3, -0.25) is 4.79 Å². The first-order chi connectivity index (χ1) is 9.41. The van der Waals surface area contributed by atoms with Gasteiger partial charge in [0.1, 0.15) is 0 Å². The Morgan fingerprint density at radius 1 is 1.40 bits per heavy atom. The van der Waals surface area contributed by atoms with Crippen molar-refractivity contribution in [3.05, 3.63) is 34.4 Å². The van der Waals surface area contributed by atoms with E-state index in [2.05, 4.69) is 0 Å². The van der Waals surface area contributed by atoms with Gasteiger partial charge in [0.2, 0.25) is 0 Å². The molecule has 0 bridgehead atoms. The fourth-order valence-corrected chi connectivity index (χ4v) is 2.78. The first-order valence-corrected chi connectivity index (χ1v) is 6.93. The van der Waals surface area contributed by atoms with Crippen molar-refractivity contribution in [3.8, 4) is 0 Å². The lowest BCUT2D eigenvalue weighted by Gasteiger charge is -2.37. The van der Waals surface area contributed by atoms with Crippen LogP contribution >= 0.6 is 11.6 Å². The molecule has 0 radical (unpaired) electrons. The summed E-state index contributed by atoms with van der Waals surface area (Å²) in [5.41, 5.74) is -0.0712. The van der Waals surface area contributed by atoms with Crippen molar-refractivity contribution in [3.63, 3.8) is 0 Å². The molecule has 0 saturated carbocycles. The van der Waals surface area contributed by atoms with Crippen LogP contribution < -0.4 is 0 Å². The molecule has 1 aliphatic heterocycles. The van der Waals surface area contributed by atoms with E-state index in [4.69, 9.17) is 11.6 Å². The number of hydrogen-bond acceptors (Lipinski definition) is 2. The van der Waals surface area contributed by atoms with E-state index in [9.17, 15) is 18.7 Å². The minimum Gasteiger partial charge on any atom is -0.391 e. The predicted molar refractivity (Wildman–Crippen MR) is 71.7 cm³/mol. The lowest BCUT2D eigenvalue weighted by Crippen LogP contribution is -2.49. The monoisotopic (exact) mass is 303 g/mol. The largest absolute Gasteiger partial charge is 0.391 e. The molecule has 1 amide bonds. The zero-order valence-corrected chi connectivity index (χ0v) is 11.8. The molecule has 2 rings (SSSR count). The van der Waals surface area contributed by atoms with Crippen molar-refractivity contribution in [2.24, 2.45) is 0 Å². The zero-order valence-electron chi connectivity index (χ0n) is 11.1. The van der Waals surface area contributed by atoms with Gasteiger partial charge < -0.3 is 10.0 Å². The number of aliphatic hydroxyl groups excluding tert-OH is 1. The summed E-state index contributed by atoms with van der Waals surface area (Å²) >= 11 is 5.83. The molecule has 20 heavy (non-hydrogen) atoms. The Morgan fingerprint density at radius 3 is 2.70 bits per heavy atom. The predicted octanol–water partition coefficient (Wildman–Crippen LogP) is 2.99. The maximum absolute atomic E-state index is 13.3. The van der Waals surface area contributed by atoms with E-state index in [1.807, 2.05) is 0 Å². The number of likely N-dealkylation sites (tertiary alicyclic amines) is 1. The third-order valence-electron chi connectivity index (χ3n) is 3.61. The van der Waals surface area contributed by atoms with Gasteiger partial charge >= 0.3 is 0 Å². The smallest absolute Gasteiger partial charge is 0.255 e. The van der Waals surface area contributed by atoms with Crippen LogP contribution in [0.2, 0.25) is 5.02 Å². The second-order valence-electron chi connectivity index (χ2n) is 5.05. The van der Waals surface area contributed by atoms with Crippen molar-refractivity contribution in [2.75, 3.05) is 6.54 Å². The number of carbonyl (C=O) groups is 1. The highest BCUT2D eigenvalue weighted by molar-refractivity contribution is 6.33. The molecule has 1 N–H and O–H groups in total. The standard InChI is InChI=1S/C14H16ClF2NO2/c1-8(19)13-4-2-3-5-18(13)14(20)9-6-11(16)12(17)7-10(9)15/h6-8,13,19H,2-5H2,1H3. The van der Waals surface area contributed by atoms with Crippen molar-refractivity contribution in [1.82, 2.24) is 4.90 Å². The Morgan fingerprint density at radius 2 is 2.05 bits per heavy atom. The first-order valence-electron chi connectivity index (χ1n) is 6.55. The van der Waals surface area contributed by atoms with Crippen LogP contribution in [0.15, 0.2) is 12.1 Å². The molecule has 1 aromatic carbocycles. The minimum absolute atomic E-state index is 0.0712. The molecular formula is C14H16ClF2NO2. The second-order valence-corrected chi connectivity index (χ2v) is 5.46. The van der Waals surface area contributed by atoms with Gasteiger partial charge in [0.25, 0.3) is 5.91 Å². The maximum Gasteiger partial charge on any atom is 0.255 e. The Labute approximate surface area is 121 Å². The summed E-state index contributed by atoms with van der Waals surface area (Å²) in [5.74, 6) is -2.67. The van der Waals surface area contributed by atoms with Gasteiger partial charge in [-0.1, -0.05) is 11.6 Å². The van der Waals surface area contributed by atoms with Crippen LogP contribution in [0.25, 0.3) is 0 Å². The van der Waals surface area contributed by atoms with Gasteiger partial charge in [-0.15, -0.1) is 0 Å². The Kier molecular flexibility index (Phi) is 4.60. The molecule has 2 atom stereocenters. The molecule has 3 nitrogen and oxygen atoms in total. The summed E-state index contributed by atoms with van der Waals surface area (Å²) in [6.07, 6.45) is 1.74. The van der Waals surface area contributed by atoms with Crippen LogP contribution in [0.1, 0.15) is 36.5 Å². The average molecular weight is 304 g/mol. The number of piperidine rings is 1. The number of carbonyl (C=O) groups excluding carboxylic acids is 1. The summed E-state index contributed by atoms with van der Waals surface area (Å²) in [5, 5.41) is 9.63. The van der Waals surface area contributed by atoms with Gasteiger partial charge in [0.15, 0.2) is 11.6 Å². The van der Waals surface area contributed by atoms with Gasteiger partial charge in [0.05, 0.1) is 22.7 Å². The number of amides is 1. The van der Waals surface area contributed by atoms with E-state index in [0.29, 0.717) is 13.0 Å². The van der Waals surface area contributed by atoms with Crippen LogP contribution in [0, 0.1) is 11.6 Å². The van der Waals surface area contributed by atoms with E-state index in [0.717, 1.165) is 25.0 Å². The van der Waals surface area contributed by atoms with E-state index >= 15 is 0 Å². The summed E-state index contributed by atoms with van der Waals surface area (Å²) in [6.45, 7) is 2.09. The van der Waals surface area contributed by atoms with Crippen LogP contribution in [0.5, 0.6) is 0 Å². The Hall–Kier alpha value is -1.20. The number of hydrogen-bond donors (Lipinski definition) is 1. The second kappa shape index (κ2) is 6.06. The number of aliphatic hydroxyl groups is 1. The van der Waals surface area contributed by atoms with Crippen LogP contribution in [-0.4, -0.2) is 34.6 Å². The number of rotatable bonds is 2. The van der Waals surface area contributed by atoms with Crippen molar-refractivity contribution in [2.45, 2.75) is 38.3 Å². The van der Waals surface area contributed by atoms with E-state index in [1.54, 1.807) is 6.92 Å². The van der Waals surface area contributed by atoms with E-state index in [1.165, 1.54) is 4.90 Å². The highest BCUT2D eigenvalue weighted by Gasteiger charge is 2.31. The Balaban J connectivity index is 2.32. The Bertz CT molecular complexity index is 522. The van der Waals surface area contributed by atoms with Crippen LogP contribution in [0.4, 0.5) is 8.78 Å². The number of halogens is 3. The summed E-state index contributed by atoms with van der Waals surface area (Å²) < 4.78 is 26.3. The quantitative estimate of drug-likeness (QED) is 0.853. The highest BCUT2D eigenvalue weighted by Crippen LogP contribution is 2.26. The van der Waals surface area contributed by atoms with Gasteiger partial charge in [-0.2, -0.15) is 0 Å². The fourth-order valence-electron chi connectivity index (χ4n) is 2.55. The number of benzene rings is 1. The SMILES string of the molecule is CC(O)C1CCCCN1C(=O)c1cc(F)c(F)cc1Cl. The van der Waals surface area contributed by atoms with Gasteiger partial charge in [-0.25, -0.2) is 8.78 Å². The summed E-state index contributed by atoms with van der Waals surface area (Å²) in [4.78, 5) is 13.9. The molecule has 0 spiro atoms. The average Bonchev–Trinajstić information content (AvgIpc) is 2.42. The molecule has 1 fully saturated rings. The van der Waals surface area contributed by atoms with Crippen molar-refractivity contribution < 1.29 is 18.7 Å². The van der Waals surface area contributed by atoms with Crippen LogP contribution in [0.3, 0.4) is 0 Å². The maximum atomic E-state index is 13.3. The molecule has 6 heteroatoms. The minimum atomic E-state index is -1.11. The van der Waals surface area contributed by atoms with Crippen LogP contribution in [-0.2, 0) is 0 Å². The molecule has 110 valence electrons. The molecule has 0 aromatic heterocycles. The molecule has 2 unspecified atom stereocenters. The van der Waals surface area contributed by atoms with Crippen molar-refractivity contribution >= 4 is 17.5 Å². The number of nitrogens with zero attached hydrogens (tertiary/aromatic N) is 1. The fraction of sp³-hybridized carbons (Fsp3) is 0.500. The lowest BCUT2D eigenvalue weighted by atomic mass is 9.97. The third-order valence-corrected chi connectivity index (χ3v) is 3.92. The first kappa shape index (κ1) is 15.2. The molecule has 1 saturated heterocycles. The highest BCUT2D eigenvalue weighted by atomic mass is 35.5. The topological polar surface area (TPSA) is 40.5 Å². The summed E-state index contributed by atoms with van der Waals surface area (Å²) in [7, 11) is 0. The third kappa shape index (κ3) is 2.94. The molecule has 1 heterocycles. The zero-order chi connectivity index (χ0) is 14.9.